The van der Waals surface area contributed by atoms with Gasteiger partial charge in [0.05, 0.1) is 24.2 Å². The van der Waals surface area contributed by atoms with Crippen LogP contribution in [0.1, 0.15) is 42.5 Å². The molecule has 1 saturated heterocycles. The van der Waals surface area contributed by atoms with Crippen LogP contribution >= 0.6 is 11.3 Å². The third-order valence-corrected chi connectivity index (χ3v) is 6.15. The quantitative estimate of drug-likeness (QED) is 0.764. The van der Waals surface area contributed by atoms with Gasteiger partial charge in [-0.05, 0) is 44.1 Å². The number of nitrogens with zero attached hydrogens (tertiary/aromatic N) is 2. The summed E-state index contributed by atoms with van der Waals surface area (Å²) in [7, 11) is 0. The van der Waals surface area contributed by atoms with E-state index in [4.69, 9.17) is 9.47 Å². The van der Waals surface area contributed by atoms with Gasteiger partial charge in [0.1, 0.15) is 11.4 Å². The number of carbonyl (C=O) groups excluding carboxylic acids is 1. The molecule has 0 aromatic carbocycles. The van der Waals surface area contributed by atoms with Gasteiger partial charge in [-0.3, -0.25) is 14.2 Å². The first kappa shape index (κ1) is 16.7. The SMILES string of the molecule is O=C(CCn1cnc2sc3c(c2c1=O)CCCC3)OCC1CCCO1. The van der Waals surface area contributed by atoms with Crippen LogP contribution in [0, 0.1) is 0 Å². The number of hydrogen-bond acceptors (Lipinski definition) is 6. The minimum absolute atomic E-state index is 0.0296. The van der Waals surface area contributed by atoms with E-state index in [0.717, 1.165) is 48.9 Å². The van der Waals surface area contributed by atoms with Crippen molar-refractivity contribution in [2.75, 3.05) is 13.2 Å². The predicted octanol–water partition coefficient (Wildman–Crippen LogP) is 2.45. The third kappa shape index (κ3) is 3.48. The van der Waals surface area contributed by atoms with Gasteiger partial charge < -0.3 is 9.47 Å². The Bertz CT molecular complexity index is 835. The molecule has 1 unspecified atom stereocenters. The van der Waals surface area contributed by atoms with Crippen LogP contribution in [0.15, 0.2) is 11.1 Å². The van der Waals surface area contributed by atoms with Crippen molar-refractivity contribution in [3.8, 4) is 0 Å². The van der Waals surface area contributed by atoms with E-state index in [-0.39, 0.29) is 24.1 Å². The van der Waals surface area contributed by atoms with E-state index in [1.807, 2.05) is 0 Å². The largest absolute Gasteiger partial charge is 0.463 e. The van der Waals surface area contributed by atoms with Crippen molar-refractivity contribution in [1.82, 2.24) is 9.55 Å². The van der Waals surface area contributed by atoms with E-state index in [2.05, 4.69) is 4.98 Å². The summed E-state index contributed by atoms with van der Waals surface area (Å²) < 4.78 is 12.2. The second kappa shape index (κ2) is 7.25. The Morgan fingerprint density at radius 1 is 1.36 bits per heavy atom. The summed E-state index contributed by atoms with van der Waals surface area (Å²) >= 11 is 1.64. The molecule has 1 atom stereocenters. The Balaban J connectivity index is 1.43. The molecule has 7 heteroatoms. The Morgan fingerprint density at radius 2 is 2.24 bits per heavy atom. The summed E-state index contributed by atoms with van der Waals surface area (Å²) in [6, 6.07) is 0. The van der Waals surface area contributed by atoms with Gasteiger partial charge >= 0.3 is 5.97 Å². The van der Waals surface area contributed by atoms with Crippen LogP contribution in [0.25, 0.3) is 10.2 Å². The molecule has 25 heavy (non-hydrogen) atoms. The van der Waals surface area contributed by atoms with Gasteiger partial charge in [0.15, 0.2) is 0 Å². The molecule has 4 rings (SSSR count). The van der Waals surface area contributed by atoms with E-state index in [0.29, 0.717) is 13.2 Å². The number of thiophene rings is 1. The molecule has 2 aromatic heterocycles. The zero-order valence-corrected chi connectivity index (χ0v) is 15.0. The first-order chi connectivity index (χ1) is 12.2. The van der Waals surface area contributed by atoms with Crippen molar-refractivity contribution in [2.24, 2.45) is 0 Å². The third-order valence-electron chi connectivity index (χ3n) is 4.95. The van der Waals surface area contributed by atoms with Crippen molar-refractivity contribution in [2.45, 2.75) is 57.6 Å². The summed E-state index contributed by atoms with van der Waals surface area (Å²) in [4.78, 5) is 31.3. The van der Waals surface area contributed by atoms with Crippen molar-refractivity contribution < 1.29 is 14.3 Å². The van der Waals surface area contributed by atoms with E-state index in [9.17, 15) is 9.59 Å². The number of carbonyl (C=O) groups is 1. The van der Waals surface area contributed by atoms with Crippen LogP contribution in [0.2, 0.25) is 0 Å². The smallest absolute Gasteiger partial charge is 0.307 e. The fraction of sp³-hybridized carbons (Fsp3) is 0.611. The first-order valence-electron chi connectivity index (χ1n) is 8.99. The van der Waals surface area contributed by atoms with Crippen molar-refractivity contribution in [3.05, 3.63) is 27.1 Å². The molecular formula is C18H22N2O4S. The maximum absolute atomic E-state index is 12.8. The lowest BCUT2D eigenvalue weighted by Crippen LogP contribution is -2.24. The maximum atomic E-state index is 12.8. The molecule has 2 aromatic rings. The minimum atomic E-state index is -0.296. The molecule has 0 saturated carbocycles. The van der Waals surface area contributed by atoms with Crippen LogP contribution in [0.4, 0.5) is 0 Å². The van der Waals surface area contributed by atoms with Gasteiger partial charge in [-0.1, -0.05) is 0 Å². The molecule has 0 spiro atoms. The van der Waals surface area contributed by atoms with Gasteiger partial charge in [0.2, 0.25) is 0 Å². The molecule has 3 heterocycles. The topological polar surface area (TPSA) is 70.4 Å². The van der Waals surface area contributed by atoms with Gasteiger partial charge in [0.25, 0.3) is 5.56 Å². The number of fused-ring (bicyclic) bond motifs is 3. The average Bonchev–Trinajstić information content (AvgIpc) is 3.26. The molecule has 1 aliphatic heterocycles. The lowest BCUT2D eigenvalue weighted by Gasteiger charge is -2.11. The number of aromatic nitrogens is 2. The molecule has 0 bridgehead atoms. The van der Waals surface area contributed by atoms with Crippen LogP contribution in [-0.4, -0.2) is 34.8 Å². The lowest BCUT2D eigenvalue weighted by molar-refractivity contribution is -0.147. The number of esters is 1. The summed E-state index contributed by atoms with van der Waals surface area (Å²) in [6.07, 6.45) is 8.04. The number of hydrogen-bond donors (Lipinski definition) is 0. The van der Waals surface area contributed by atoms with Gasteiger partial charge in [-0.25, -0.2) is 4.98 Å². The molecule has 2 aliphatic rings. The lowest BCUT2D eigenvalue weighted by atomic mass is 9.97. The summed E-state index contributed by atoms with van der Waals surface area (Å²) in [5.74, 6) is -0.296. The van der Waals surface area contributed by atoms with Gasteiger partial charge in [-0.15, -0.1) is 11.3 Å². The van der Waals surface area contributed by atoms with Crippen molar-refractivity contribution >= 4 is 27.5 Å². The van der Waals surface area contributed by atoms with Crippen LogP contribution in [0.3, 0.4) is 0 Å². The zero-order valence-electron chi connectivity index (χ0n) is 14.2. The maximum Gasteiger partial charge on any atom is 0.307 e. The molecule has 0 radical (unpaired) electrons. The van der Waals surface area contributed by atoms with Crippen molar-refractivity contribution in [3.63, 3.8) is 0 Å². The van der Waals surface area contributed by atoms with Crippen LogP contribution in [0.5, 0.6) is 0 Å². The summed E-state index contributed by atoms with van der Waals surface area (Å²) in [5.41, 5.74) is 1.15. The highest BCUT2D eigenvalue weighted by atomic mass is 32.1. The van der Waals surface area contributed by atoms with Crippen LogP contribution < -0.4 is 5.56 Å². The second-order valence-electron chi connectivity index (χ2n) is 6.70. The average molecular weight is 362 g/mol. The van der Waals surface area contributed by atoms with Gasteiger partial charge in [-0.2, -0.15) is 0 Å². The monoisotopic (exact) mass is 362 g/mol. The molecular weight excluding hydrogens is 340 g/mol. The fourth-order valence-corrected chi connectivity index (χ4v) is 4.81. The van der Waals surface area contributed by atoms with E-state index in [1.165, 1.54) is 21.4 Å². The normalized spacial score (nSPS) is 19.9. The standard InChI is InChI=1S/C18H22N2O4S/c21-15(24-10-12-4-3-9-23-12)7-8-20-11-19-17-16(18(20)22)13-5-1-2-6-14(13)25-17/h11-12H,1-10H2. The van der Waals surface area contributed by atoms with E-state index in [1.54, 1.807) is 17.7 Å². The minimum Gasteiger partial charge on any atom is -0.463 e. The number of aryl methyl sites for hydroxylation is 3. The summed E-state index contributed by atoms with van der Waals surface area (Å²) in [6.45, 7) is 1.36. The molecule has 0 N–H and O–H groups in total. The molecule has 0 amide bonds. The van der Waals surface area contributed by atoms with Crippen molar-refractivity contribution in [1.29, 1.82) is 0 Å². The first-order valence-corrected chi connectivity index (χ1v) is 9.81. The number of ether oxygens (including phenoxy) is 2. The second-order valence-corrected chi connectivity index (χ2v) is 7.79. The zero-order chi connectivity index (χ0) is 17.2. The molecule has 6 nitrogen and oxygen atoms in total. The highest BCUT2D eigenvalue weighted by Gasteiger charge is 2.20. The highest BCUT2D eigenvalue weighted by molar-refractivity contribution is 7.18. The Hall–Kier alpha value is -1.73. The van der Waals surface area contributed by atoms with E-state index >= 15 is 0 Å². The molecule has 1 fully saturated rings. The summed E-state index contributed by atoms with van der Waals surface area (Å²) in [5, 5.41) is 0.759. The number of rotatable bonds is 5. The Morgan fingerprint density at radius 3 is 3.08 bits per heavy atom. The fourth-order valence-electron chi connectivity index (χ4n) is 3.59. The van der Waals surface area contributed by atoms with E-state index < -0.39 is 0 Å². The highest BCUT2D eigenvalue weighted by Crippen LogP contribution is 2.33. The molecule has 1 aliphatic carbocycles. The van der Waals surface area contributed by atoms with Gasteiger partial charge in [0, 0.05) is 18.0 Å². The Labute approximate surface area is 149 Å². The van der Waals surface area contributed by atoms with Crippen LogP contribution in [-0.2, 0) is 33.7 Å². The molecule has 134 valence electrons. The Kier molecular flexibility index (Phi) is 4.85. The predicted molar refractivity (Wildman–Crippen MR) is 95.1 cm³/mol.